The molecule has 0 aliphatic rings. The van der Waals surface area contributed by atoms with E-state index in [4.69, 9.17) is 9.57 Å². The Morgan fingerprint density at radius 3 is 1.95 bits per heavy atom. The number of hydroxylamine groups is 2. The largest absolute Gasteiger partial charge is 0.503 e. The van der Waals surface area contributed by atoms with Gasteiger partial charge in [0.1, 0.15) is 6.04 Å². The molecule has 1 amide bonds. The van der Waals surface area contributed by atoms with Gasteiger partial charge in [-0.2, -0.15) is 0 Å². The maximum atomic E-state index is 13.1. The van der Waals surface area contributed by atoms with E-state index >= 15 is 0 Å². The number of hydrogen-bond donors (Lipinski definition) is 2. The summed E-state index contributed by atoms with van der Waals surface area (Å²) in [6.45, 7) is 1.51. The third kappa shape index (κ3) is 5.43. The number of carbonyl (C=O) groups excluding carboxylic acids is 2. The van der Waals surface area contributed by atoms with Crippen LogP contribution >= 0.6 is 0 Å². The molecule has 5 rings (SSSR count). The first-order valence-corrected chi connectivity index (χ1v) is 12.8. The SMILES string of the molecule is COc1ccnc(C(=O)N[C@@H](C)C(=O)ON(C)C(c2ccc3ccccc3c2)c2ccc3ccccc3c2)c1O. The molecule has 0 spiro atoms. The van der Waals surface area contributed by atoms with E-state index in [9.17, 15) is 14.7 Å². The molecule has 2 N–H and O–H groups in total. The van der Waals surface area contributed by atoms with E-state index in [1.165, 1.54) is 31.4 Å². The van der Waals surface area contributed by atoms with E-state index in [2.05, 4.69) is 22.4 Å². The number of methoxy groups -OCH3 is 1. The van der Waals surface area contributed by atoms with Crippen LogP contribution in [-0.2, 0) is 9.63 Å². The normalized spacial score (nSPS) is 12.0. The molecule has 8 heteroatoms. The average Bonchev–Trinajstić information content (AvgIpc) is 2.97. The second-order valence-electron chi connectivity index (χ2n) is 9.48. The molecule has 0 radical (unpaired) electrons. The molecule has 1 aromatic heterocycles. The molecule has 4 aromatic carbocycles. The monoisotopic (exact) mass is 535 g/mol. The van der Waals surface area contributed by atoms with Crippen LogP contribution in [0.1, 0.15) is 34.6 Å². The molecule has 0 aliphatic carbocycles. The van der Waals surface area contributed by atoms with E-state index in [1.54, 1.807) is 7.05 Å². The molecular weight excluding hydrogens is 506 g/mol. The van der Waals surface area contributed by atoms with Gasteiger partial charge in [-0.15, -0.1) is 5.06 Å². The van der Waals surface area contributed by atoms with Crippen LogP contribution in [0.2, 0.25) is 0 Å². The zero-order chi connectivity index (χ0) is 28.2. The second kappa shape index (κ2) is 11.4. The molecule has 40 heavy (non-hydrogen) atoms. The minimum absolute atomic E-state index is 0.101. The summed E-state index contributed by atoms with van der Waals surface area (Å²) in [6, 6.07) is 28.4. The highest BCUT2D eigenvalue weighted by molar-refractivity contribution is 5.97. The van der Waals surface area contributed by atoms with E-state index in [0.717, 1.165) is 32.7 Å². The molecule has 0 saturated carbocycles. The minimum atomic E-state index is -1.03. The zero-order valence-corrected chi connectivity index (χ0v) is 22.4. The Labute approximate surface area is 231 Å². The minimum Gasteiger partial charge on any atom is -0.503 e. The molecule has 0 unspecified atom stereocenters. The van der Waals surface area contributed by atoms with Crippen molar-refractivity contribution < 1.29 is 24.3 Å². The van der Waals surface area contributed by atoms with Crippen molar-refractivity contribution in [3.05, 3.63) is 114 Å². The topological polar surface area (TPSA) is 101 Å². The van der Waals surface area contributed by atoms with Gasteiger partial charge in [-0.3, -0.25) is 4.79 Å². The molecular formula is C32H29N3O5. The van der Waals surface area contributed by atoms with Gasteiger partial charge in [0, 0.05) is 19.3 Å². The van der Waals surface area contributed by atoms with Crippen molar-refractivity contribution in [3.8, 4) is 11.5 Å². The summed E-state index contributed by atoms with van der Waals surface area (Å²) in [5.41, 5.74) is 1.62. The Morgan fingerprint density at radius 2 is 1.40 bits per heavy atom. The lowest BCUT2D eigenvalue weighted by Gasteiger charge is -2.29. The summed E-state index contributed by atoms with van der Waals surface area (Å²) in [5.74, 6) is -1.72. The van der Waals surface area contributed by atoms with Crippen LogP contribution in [0.25, 0.3) is 21.5 Å². The number of nitrogens with one attached hydrogen (secondary N) is 1. The Kier molecular flexibility index (Phi) is 7.61. The number of aromatic hydroxyl groups is 1. The summed E-state index contributed by atoms with van der Waals surface area (Å²) in [4.78, 5) is 35.6. The van der Waals surface area contributed by atoms with Gasteiger partial charge in [0.15, 0.2) is 17.2 Å². The first kappa shape index (κ1) is 26.6. The molecule has 0 saturated heterocycles. The zero-order valence-electron chi connectivity index (χ0n) is 22.4. The summed E-state index contributed by atoms with van der Waals surface area (Å²) in [7, 11) is 3.06. The molecule has 202 valence electrons. The fraction of sp³-hybridized carbons (Fsp3) is 0.156. The van der Waals surface area contributed by atoms with Crippen molar-refractivity contribution in [2.45, 2.75) is 19.0 Å². The summed E-state index contributed by atoms with van der Waals surface area (Å²) >= 11 is 0. The Balaban J connectivity index is 1.41. The number of aromatic nitrogens is 1. The average molecular weight is 536 g/mol. The van der Waals surface area contributed by atoms with Crippen LogP contribution in [0, 0.1) is 0 Å². The molecule has 5 aromatic rings. The first-order chi connectivity index (χ1) is 19.4. The van der Waals surface area contributed by atoms with Gasteiger partial charge in [0.05, 0.1) is 13.2 Å². The number of nitrogens with zero attached hydrogens (tertiary/aromatic N) is 2. The lowest BCUT2D eigenvalue weighted by atomic mass is 9.94. The lowest BCUT2D eigenvalue weighted by molar-refractivity contribution is -0.193. The standard InChI is InChI=1S/C32H29N3O5/c1-20(34-31(37)28-30(36)27(39-3)16-17-33-28)32(38)40-35(2)29(25-14-12-21-8-4-6-10-23(21)18-25)26-15-13-22-9-5-7-11-24(22)19-26/h4-20,29,36H,1-3H3,(H,34,37)/t20-/m0/s1. The molecule has 0 aliphatic heterocycles. The van der Waals surface area contributed by atoms with Gasteiger partial charge in [-0.05, 0) is 51.7 Å². The number of amides is 1. The van der Waals surface area contributed by atoms with Crippen LogP contribution in [0.15, 0.2) is 97.2 Å². The van der Waals surface area contributed by atoms with E-state index < -0.39 is 29.7 Å². The maximum absolute atomic E-state index is 13.1. The van der Waals surface area contributed by atoms with Crippen molar-refractivity contribution in [2.75, 3.05) is 14.2 Å². The van der Waals surface area contributed by atoms with Crippen molar-refractivity contribution >= 4 is 33.4 Å². The number of pyridine rings is 1. The smallest absolute Gasteiger partial charge is 0.347 e. The molecule has 0 fully saturated rings. The number of hydrogen-bond acceptors (Lipinski definition) is 7. The summed E-state index contributed by atoms with van der Waals surface area (Å²) < 4.78 is 5.04. The number of fused-ring (bicyclic) bond motifs is 2. The van der Waals surface area contributed by atoms with Gasteiger partial charge >= 0.3 is 5.97 Å². The molecule has 8 nitrogen and oxygen atoms in total. The Hall–Kier alpha value is -4.95. The molecule has 0 bridgehead atoms. The van der Waals surface area contributed by atoms with Crippen LogP contribution < -0.4 is 10.1 Å². The fourth-order valence-corrected chi connectivity index (χ4v) is 4.73. The highest BCUT2D eigenvalue weighted by atomic mass is 16.7. The van der Waals surface area contributed by atoms with Crippen molar-refractivity contribution in [1.29, 1.82) is 0 Å². The number of rotatable bonds is 8. The van der Waals surface area contributed by atoms with Crippen molar-refractivity contribution in [1.82, 2.24) is 15.4 Å². The summed E-state index contributed by atoms with van der Waals surface area (Å²) in [5, 5.41) is 18.6. The third-order valence-corrected chi connectivity index (χ3v) is 6.80. The Morgan fingerprint density at radius 1 is 0.850 bits per heavy atom. The van der Waals surface area contributed by atoms with Crippen LogP contribution in [-0.4, -0.2) is 47.2 Å². The van der Waals surface area contributed by atoms with Crippen LogP contribution in [0.5, 0.6) is 11.5 Å². The van der Waals surface area contributed by atoms with E-state index in [1.807, 2.05) is 72.8 Å². The lowest BCUT2D eigenvalue weighted by Crippen LogP contribution is -2.42. The second-order valence-corrected chi connectivity index (χ2v) is 9.48. The first-order valence-electron chi connectivity index (χ1n) is 12.8. The van der Waals surface area contributed by atoms with E-state index in [0.29, 0.717) is 0 Å². The molecule has 1 heterocycles. The van der Waals surface area contributed by atoms with Gasteiger partial charge < -0.3 is 20.0 Å². The quantitative estimate of drug-likeness (QED) is 0.257. The van der Waals surface area contributed by atoms with Gasteiger partial charge in [0.25, 0.3) is 5.91 Å². The highest BCUT2D eigenvalue weighted by Crippen LogP contribution is 2.32. The molecule has 1 atom stereocenters. The predicted molar refractivity (Wildman–Crippen MR) is 153 cm³/mol. The van der Waals surface area contributed by atoms with Gasteiger partial charge in [0.2, 0.25) is 0 Å². The highest BCUT2D eigenvalue weighted by Gasteiger charge is 2.28. The number of benzene rings is 4. The van der Waals surface area contributed by atoms with E-state index in [-0.39, 0.29) is 11.4 Å². The van der Waals surface area contributed by atoms with Crippen LogP contribution in [0.4, 0.5) is 0 Å². The summed E-state index contributed by atoms with van der Waals surface area (Å²) in [6.07, 6.45) is 1.34. The number of ether oxygens (including phenoxy) is 1. The van der Waals surface area contributed by atoms with Gasteiger partial charge in [-0.1, -0.05) is 72.8 Å². The predicted octanol–water partition coefficient (Wildman–Crippen LogP) is 5.40. The van der Waals surface area contributed by atoms with Gasteiger partial charge in [-0.25, -0.2) is 9.78 Å². The van der Waals surface area contributed by atoms with Crippen molar-refractivity contribution in [2.24, 2.45) is 0 Å². The maximum Gasteiger partial charge on any atom is 0.347 e. The van der Waals surface area contributed by atoms with Crippen molar-refractivity contribution in [3.63, 3.8) is 0 Å². The third-order valence-electron chi connectivity index (χ3n) is 6.80. The Bertz CT molecular complexity index is 1620. The van der Waals surface area contributed by atoms with Crippen LogP contribution in [0.3, 0.4) is 0 Å². The fourth-order valence-electron chi connectivity index (χ4n) is 4.73. The number of carbonyl (C=O) groups is 2.